The summed E-state index contributed by atoms with van der Waals surface area (Å²) in [7, 11) is 3.37. The summed E-state index contributed by atoms with van der Waals surface area (Å²) in [5, 5.41) is 17.5. The lowest BCUT2D eigenvalue weighted by Gasteiger charge is -2.30. The van der Waals surface area contributed by atoms with Crippen molar-refractivity contribution in [3.63, 3.8) is 0 Å². The molecular weight excluding hydrogens is 366 g/mol. The van der Waals surface area contributed by atoms with Gasteiger partial charge in [0, 0.05) is 12.4 Å². The van der Waals surface area contributed by atoms with E-state index in [2.05, 4.69) is 10.4 Å². The van der Waals surface area contributed by atoms with Crippen LogP contribution in [-0.4, -0.2) is 33.9 Å². The standard InChI is InChI=1S/C19H21N3O4S/c1-11-14-9-15(27-18(14)22(3)21-11)17(25)20-19(2,10-16(23)24)12-6-5-7-13(8-12)26-4/h5-9H,10H2,1-4H3,(H,20,25)(H,23,24). The molecule has 1 amide bonds. The molecule has 2 aromatic heterocycles. The molecule has 2 heterocycles. The van der Waals surface area contributed by atoms with Gasteiger partial charge in [0.05, 0.1) is 29.6 Å². The fourth-order valence-electron chi connectivity index (χ4n) is 3.12. The van der Waals surface area contributed by atoms with E-state index in [-0.39, 0.29) is 12.3 Å². The maximum Gasteiger partial charge on any atom is 0.306 e. The number of thiophene rings is 1. The first kappa shape index (κ1) is 18.9. The van der Waals surface area contributed by atoms with Crippen molar-refractivity contribution in [1.82, 2.24) is 15.1 Å². The Morgan fingerprint density at radius 3 is 2.74 bits per heavy atom. The molecule has 0 saturated carbocycles. The third-order valence-corrected chi connectivity index (χ3v) is 5.72. The summed E-state index contributed by atoms with van der Waals surface area (Å²) in [6.45, 7) is 3.59. The van der Waals surface area contributed by atoms with Crippen molar-refractivity contribution in [2.75, 3.05) is 7.11 Å². The van der Waals surface area contributed by atoms with Gasteiger partial charge in [-0.05, 0) is 37.6 Å². The summed E-state index contributed by atoms with van der Waals surface area (Å²) in [5.41, 5.74) is 0.432. The van der Waals surface area contributed by atoms with E-state index < -0.39 is 11.5 Å². The molecule has 0 aliphatic carbocycles. The largest absolute Gasteiger partial charge is 0.497 e. The van der Waals surface area contributed by atoms with E-state index in [9.17, 15) is 14.7 Å². The van der Waals surface area contributed by atoms with Gasteiger partial charge in [0.1, 0.15) is 10.6 Å². The van der Waals surface area contributed by atoms with Gasteiger partial charge in [-0.2, -0.15) is 5.10 Å². The van der Waals surface area contributed by atoms with Crippen LogP contribution in [0.15, 0.2) is 30.3 Å². The van der Waals surface area contributed by atoms with E-state index in [0.717, 1.165) is 15.9 Å². The Kier molecular flexibility index (Phi) is 4.93. The third-order valence-electron chi connectivity index (χ3n) is 4.52. The Balaban J connectivity index is 1.96. The van der Waals surface area contributed by atoms with Crippen LogP contribution in [0.2, 0.25) is 0 Å². The number of aromatic nitrogens is 2. The highest BCUT2D eigenvalue weighted by Gasteiger charge is 2.33. The minimum absolute atomic E-state index is 0.253. The van der Waals surface area contributed by atoms with Crippen molar-refractivity contribution >= 4 is 33.4 Å². The zero-order chi connectivity index (χ0) is 19.8. The summed E-state index contributed by atoms with van der Waals surface area (Å²) < 4.78 is 6.97. The average molecular weight is 387 g/mol. The molecule has 27 heavy (non-hydrogen) atoms. The summed E-state index contributed by atoms with van der Waals surface area (Å²) in [5.74, 6) is -0.721. The summed E-state index contributed by atoms with van der Waals surface area (Å²) in [6, 6.07) is 8.86. The van der Waals surface area contributed by atoms with E-state index in [1.165, 1.54) is 11.3 Å². The topological polar surface area (TPSA) is 93.4 Å². The van der Waals surface area contributed by atoms with Crippen molar-refractivity contribution in [3.05, 3.63) is 46.5 Å². The molecule has 3 aromatic rings. The molecule has 0 radical (unpaired) electrons. The molecule has 1 aromatic carbocycles. The molecule has 0 fully saturated rings. The molecule has 3 rings (SSSR count). The minimum Gasteiger partial charge on any atom is -0.497 e. The predicted octanol–water partition coefficient (Wildman–Crippen LogP) is 3.07. The highest BCUT2D eigenvalue weighted by molar-refractivity contribution is 7.20. The average Bonchev–Trinajstić information content (AvgIpc) is 3.16. The molecule has 8 heteroatoms. The molecule has 142 valence electrons. The number of aryl methyl sites for hydroxylation is 2. The lowest BCUT2D eigenvalue weighted by atomic mass is 9.88. The number of methoxy groups -OCH3 is 1. The van der Waals surface area contributed by atoms with Gasteiger partial charge in [-0.1, -0.05) is 12.1 Å². The molecule has 0 spiro atoms. The van der Waals surface area contributed by atoms with Crippen LogP contribution >= 0.6 is 11.3 Å². The van der Waals surface area contributed by atoms with Crippen molar-refractivity contribution in [3.8, 4) is 5.75 Å². The Hall–Kier alpha value is -2.87. The zero-order valence-electron chi connectivity index (χ0n) is 15.6. The summed E-state index contributed by atoms with van der Waals surface area (Å²) in [6.07, 6.45) is -0.253. The first-order chi connectivity index (χ1) is 12.7. The van der Waals surface area contributed by atoms with Crippen LogP contribution in [0.5, 0.6) is 5.75 Å². The third kappa shape index (κ3) is 3.66. The second-order valence-corrected chi connectivity index (χ2v) is 7.66. The first-order valence-corrected chi connectivity index (χ1v) is 9.17. The number of carbonyl (C=O) groups excluding carboxylic acids is 1. The Labute approximate surface area is 160 Å². The maximum atomic E-state index is 12.9. The molecule has 1 atom stereocenters. The van der Waals surface area contributed by atoms with E-state index >= 15 is 0 Å². The SMILES string of the molecule is COc1cccc(C(C)(CC(=O)O)NC(=O)c2cc3c(C)nn(C)c3s2)c1. The van der Waals surface area contributed by atoms with Gasteiger partial charge in [0.15, 0.2) is 0 Å². The second kappa shape index (κ2) is 7.03. The normalized spacial score (nSPS) is 13.3. The van der Waals surface area contributed by atoms with Crippen LogP contribution in [0.1, 0.15) is 34.3 Å². The predicted molar refractivity (Wildman–Crippen MR) is 103 cm³/mol. The van der Waals surface area contributed by atoms with Crippen LogP contribution in [0.3, 0.4) is 0 Å². The summed E-state index contributed by atoms with van der Waals surface area (Å²) >= 11 is 1.33. The Morgan fingerprint density at radius 1 is 1.37 bits per heavy atom. The minimum atomic E-state index is -1.08. The fraction of sp³-hybridized carbons (Fsp3) is 0.316. The van der Waals surface area contributed by atoms with Crippen LogP contribution in [-0.2, 0) is 17.4 Å². The monoisotopic (exact) mass is 387 g/mol. The van der Waals surface area contributed by atoms with Gasteiger partial charge in [-0.15, -0.1) is 11.3 Å². The first-order valence-electron chi connectivity index (χ1n) is 8.35. The Bertz CT molecular complexity index is 989. The molecule has 7 nitrogen and oxygen atoms in total. The number of amides is 1. The number of nitrogens with zero attached hydrogens (tertiary/aromatic N) is 2. The summed E-state index contributed by atoms with van der Waals surface area (Å²) in [4.78, 5) is 25.8. The van der Waals surface area contributed by atoms with Crippen LogP contribution in [0, 0.1) is 6.92 Å². The molecule has 2 N–H and O–H groups in total. The number of carbonyl (C=O) groups is 2. The van der Waals surface area contributed by atoms with Gasteiger partial charge in [0.2, 0.25) is 0 Å². The van der Waals surface area contributed by atoms with Crippen LogP contribution < -0.4 is 10.1 Å². The van der Waals surface area contributed by atoms with Gasteiger partial charge in [-0.25, -0.2) is 0 Å². The van der Waals surface area contributed by atoms with Crippen molar-refractivity contribution < 1.29 is 19.4 Å². The fourth-order valence-corrected chi connectivity index (χ4v) is 4.13. The molecular formula is C19H21N3O4S. The highest BCUT2D eigenvalue weighted by Crippen LogP contribution is 2.31. The van der Waals surface area contributed by atoms with Gasteiger partial charge in [0.25, 0.3) is 5.91 Å². The molecule has 0 bridgehead atoms. The lowest BCUT2D eigenvalue weighted by molar-refractivity contribution is -0.138. The van der Waals surface area contributed by atoms with Crippen LogP contribution in [0.25, 0.3) is 10.2 Å². The second-order valence-electron chi connectivity index (χ2n) is 6.63. The number of hydrogen-bond acceptors (Lipinski definition) is 5. The molecule has 1 unspecified atom stereocenters. The number of aliphatic carboxylic acids is 1. The van der Waals surface area contributed by atoms with Gasteiger partial charge < -0.3 is 15.2 Å². The van der Waals surface area contributed by atoms with Gasteiger partial charge in [-0.3, -0.25) is 14.3 Å². The van der Waals surface area contributed by atoms with Crippen molar-refractivity contribution in [2.45, 2.75) is 25.8 Å². The van der Waals surface area contributed by atoms with Crippen LogP contribution in [0.4, 0.5) is 0 Å². The molecule has 0 aliphatic heterocycles. The smallest absolute Gasteiger partial charge is 0.306 e. The molecule has 0 aliphatic rings. The number of ether oxygens (including phenoxy) is 1. The van der Waals surface area contributed by atoms with E-state index in [0.29, 0.717) is 16.2 Å². The van der Waals surface area contributed by atoms with E-state index in [1.54, 1.807) is 49.0 Å². The van der Waals surface area contributed by atoms with Gasteiger partial charge >= 0.3 is 5.97 Å². The number of rotatable bonds is 6. The number of hydrogen-bond donors (Lipinski definition) is 2. The maximum absolute atomic E-state index is 12.9. The zero-order valence-corrected chi connectivity index (χ0v) is 16.4. The number of nitrogens with one attached hydrogen (secondary N) is 1. The van der Waals surface area contributed by atoms with E-state index in [1.807, 2.05) is 14.0 Å². The quantitative estimate of drug-likeness (QED) is 0.678. The number of carboxylic acids is 1. The highest BCUT2D eigenvalue weighted by atomic mass is 32.1. The molecule has 0 saturated heterocycles. The lowest BCUT2D eigenvalue weighted by Crippen LogP contribution is -2.44. The van der Waals surface area contributed by atoms with E-state index in [4.69, 9.17) is 4.74 Å². The Morgan fingerprint density at radius 2 is 2.11 bits per heavy atom. The number of fused-ring (bicyclic) bond motifs is 1. The number of carboxylic acid groups (broad SMARTS) is 1. The van der Waals surface area contributed by atoms with Crippen molar-refractivity contribution in [2.24, 2.45) is 7.05 Å². The number of benzene rings is 1. The van der Waals surface area contributed by atoms with Crippen molar-refractivity contribution in [1.29, 1.82) is 0 Å².